The first-order valence-corrected chi connectivity index (χ1v) is 8.44. The van der Waals surface area contributed by atoms with E-state index in [4.69, 9.17) is 4.74 Å². The summed E-state index contributed by atoms with van der Waals surface area (Å²) in [6.07, 6.45) is 3.05. The molecule has 1 aliphatic heterocycles. The summed E-state index contributed by atoms with van der Waals surface area (Å²) in [5.74, 6) is -0.0372. The highest BCUT2D eigenvalue weighted by Crippen LogP contribution is 2.21. The van der Waals surface area contributed by atoms with E-state index in [1.807, 2.05) is 25.1 Å². The minimum Gasteiger partial charge on any atom is -0.376 e. The maximum absolute atomic E-state index is 12.3. The first-order valence-electron chi connectivity index (χ1n) is 7.62. The Morgan fingerprint density at radius 3 is 2.95 bits per heavy atom. The average Bonchev–Trinajstić information content (AvgIpc) is 3.16. The summed E-state index contributed by atoms with van der Waals surface area (Å²) in [7, 11) is 0. The van der Waals surface area contributed by atoms with E-state index in [0.29, 0.717) is 11.4 Å². The lowest BCUT2D eigenvalue weighted by Gasteiger charge is -2.09. The highest BCUT2D eigenvalue weighted by Gasteiger charge is 2.19. The lowest BCUT2D eigenvalue weighted by atomic mass is 10.2. The van der Waals surface area contributed by atoms with Crippen LogP contribution in [0.3, 0.4) is 0 Å². The minimum atomic E-state index is -0.0372. The fraction of sp³-hybridized carbons (Fsp3) is 0.412. The smallest absolute Gasteiger partial charge is 0.263 e. The van der Waals surface area contributed by atoms with Crippen molar-refractivity contribution in [1.29, 1.82) is 0 Å². The van der Waals surface area contributed by atoms with E-state index in [2.05, 4.69) is 22.4 Å². The molecule has 0 spiro atoms. The molecule has 2 aromatic rings. The molecule has 1 amide bonds. The summed E-state index contributed by atoms with van der Waals surface area (Å²) in [6.45, 7) is 3.29. The van der Waals surface area contributed by atoms with Gasteiger partial charge < -0.3 is 10.1 Å². The summed E-state index contributed by atoms with van der Waals surface area (Å²) >= 11 is 1.48. The Labute approximate surface area is 134 Å². The molecule has 0 radical (unpaired) electrons. The van der Waals surface area contributed by atoms with E-state index in [0.717, 1.165) is 36.6 Å². The third kappa shape index (κ3) is 3.72. The Morgan fingerprint density at radius 1 is 1.41 bits per heavy atom. The van der Waals surface area contributed by atoms with Gasteiger partial charge in [-0.2, -0.15) is 0 Å². The molecule has 1 N–H and O–H groups in total. The molecule has 0 bridgehead atoms. The van der Waals surface area contributed by atoms with Crippen molar-refractivity contribution in [3.63, 3.8) is 0 Å². The zero-order valence-electron chi connectivity index (χ0n) is 12.7. The first kappa shape index (κ1) is 15.2. The third-order valence-corrected chi connectivity index (χ3v) is 4.92. The van der Waals surface area contributed by atoms with Gasteiger partial charge in [0.25, 0.3) is 5.91 Å². The van der Waals surface area contributed by atoms with Gasteiger partial charge in [0.2, 0.25) is 0 Å². The molecule has 1 aromatic heterocycles. The van der Waals surface area contributed by atoms with Gasteiger partial charge in [-0.25, -0.2) is 4.98 Å². The van der Waals surface area contributed by atoms with Crippen molar-refractivity contribution in [2.45, 2.75) is 32.3 Å². The zero-order chi connectivity index (χ0) is 15.4. The number of amides is 1. The Kier molecular flexibility index (Phi) is 4.85. The Morgan fingerprint density at radius 2 is 2.23 bits per heavy atom. The van der Waals surface area contributed by atoms with E-state index >= 15 is 0 Å². The van der Waals surface area contributed by atoms with Crippen molar-refractivity contribution in [1.82, 2.24) is 10.3 Å². The quantitative estimate of drug-likeness (QED) is 0.922. The van der Waals surface area contributed by atoms with E-state index < -0.39 is 0 Å². The number of nitrogens with zero attached hydrogens (tertiary/aromatic N) is 1. The molecular formula is C17H20N2O2S. The molecule has 3 rings (SSSR count). The Hall–Kier alpha value is -1.72. The monoisotopic (exact) mass is 316 g/mol. The van der Waals surface area contributed by atoms with Crippen molar-refractivity contribution in [2.75, 3.05) is 13.2 Å². The molecule has 0 aliphatic carbocycles. The fourth-order valence-corrected chi connectivity index (χ4v) is 3.62. The predicted octanol–water partition coefficient (Wildman–Crippen LogP) is 2.95. The van der Waals surface area contributed by atoms with Gasteiger partial charge in [0.15, 0.2) is 0 Å². The second-order valence-electron chi connectivity index (χ2n) is 5.53. The van der Waals surface area contributed by atoms with Crippen LogP contribution in [0, 0.1) is 6.92 Å². The molecule has 4 nitrogen and oxygen atoms in total. The first-order chi connectivity index (χ1) is 10.7. The molecule has 5 heteroatoms. The highest BCUT2D eigenvalue weighted by atomic mass is 32.1. The Bertz CT molecular complexity index is 633. The molecular weight excluding hydrogens is 296 g/mol. The predicted molar refractivity (Wildman–Crippen MR) is 87.4 cm³/mol. The van der Waals surface area contributed by atoms with Gasteiger partial charge in [0.05, 0.1) is 16.8 Å². The number of ether oxygens (including phenoxy) is 1. The highest BCUT2D eigenvalue weighted by molar-refractivity contribution is 7.13. The van der Waals surface area contributed by atoms with E-state index in [-0.39, 0.29) is 12.0 Å². The molecule has 1 saturated heterocycles. The van der Waals surface area contributed by atoms with Gasteiger partial charge in [0, 0.05) is 19.6 Å². The number of carbonyl (C=O) groups excluding carboxylic acids is 1. The van der Waals surface area contributed by atoms with Crippen LogP contribution < -0.4 is 5.32 Å². The van der Waals surface area contributed by atoms with Crippen molar-refractivity contribution in [2.24, 2.45) is 0 Å². The van der Waals surface area contributed by atoms with Crippen LogP contribution in [0.5, 0.6) is 0 Å². The van der Waals surface area contributed by atoms with E-state index in [9.17, 15) is 4.79 Å². The van der Waals surface area contributed by atoms with E-state index in [1.54, 1.807) is 0 Å². The van der Waals surface area contributed by atoms with Crippen LogP contribution >= 0.6 is 11.3 Å². The van der Waals surface area contributed by atoms with Crippen LogP contribution in [0.4, 0.5) is 0 Å². The van der Waals surface area contributed by atoms with Crippen molar-refractivity contribution in [3.8, 4) is 0 Å². The summed E-state index contributed by atoms with van der Waals surface area (Å²) in [5, 5.41) is 3.94. The normalized spacial score (nSPS) is 17.6. The molecule has 1 fully saturated rings. The average molecular weight is 316 g/mol. The summed E-state index contributed by atoms with van der Waals surface area (Å²) in [4.78, 5) is 17.5. The van der Waals surface area contributed by atoms with Crippen LogP contribution in [0.2, 0.25) is 0 Å². The molecule has 22 heavy (non-hydrogen) atoms. The second-order valence-corrected chi connectivity index (χ2v) is 6.61. The molecule has 1 atom stereocenters. The number of hydrogen-bond acceptors (Lipinski definition) is 4. The number of thiazole rings is 1. The Balaban J connectivity index is 1.62. The number of aromatic nitrogens is 1. The molecule has 2 heterocycles. The molecule has 1 aliphatic rings. The number of carbonyl (C=O) groups is 1. The standard InChI is InChI=1S/C17H20N2O2S/c1-12-16(17(20)18-11-14-8-5-9-21-14)22-15(19-12)10-13-6-3-2-4-7-13/h2-4,6-7,14H,5,8-11H2,1H3,(H,18,20)/t14-/m0/s1. The zero-order valence-corrected chi connectivity index (χ0v) is 13.5. The van der Waals surface area contributed by atoms with Gasteiger partial charge >= 0.3 is 0 Å². The minimum absolute atomic E-state index is 0.0372. The van der Waals surface area contributed by atoms with Crippen LogP contribution in [-0.2, 0) is 11.2 Å². The van der Waals surface area contributed by atoms with Crippen molar-refractivity contribution < 1.29 is 9.53 Å². The summed E-state index contributed by atoms with van der Waals surface area (Å²) in [6, 6.07) is 10.2. The maximum atomic E-state index is 12.3. The largest absolute Gasteiger partial charge is 0.376 e. The van der Waals surface area contributed by atoms with Crippen LogP contribution in [-0.4, -0.2) is 30.1 Å². The number of nitrogens with one attached hydrogen (secondary N) is 1. The van der Waals surface area contributed by atoms with Crippen LogP contribution in [0.1, 0.15) is 38.8 Å². The number of benzene rings is 1. The third-order valence-electron chi connectivity index (χ3n) is 3.76. The molecule has 0 saturated carbocycles. The van der Waals surface area contributed by atoms with E-state index in [1.165, 1.54) is 16.9 Å². The van der Waals surface area contributed by atoms with Crippen molar-refractivity contribution in [3.05, 3.63) is 51.5 Å². The molecule has 1 aromatic carbocycles. The van der Waals surface area contributed by atoms with Crippen LogP contribution in [0.25, 0.3) is 0 Å². The second kappa shape index (κ2) is 7.03. The molecule has 116 valence electrons. The van der Waals surface area contributed by atoms with Gasteiger partial charge in [-0.3, -0.25) is 4.79 Å². The summed E-state index contributed by atoms with van der Waals surface area (Å²) < 4.78 is 5.53. The number of aryl methyl sites for hydroxylation is 1. The van der Waals surface area contributed by atoms with Crippen LogP contribution in [0.15, 0.2) is 30.3 Å². The van der Waals surface area contributed by atoms with Gasteiger partial charge in [-0.1, -0.05) is 30.3 Å². The maximum Gasteiger partial charge on any atom is 0.263 e. The topological polar surface area (TPSA) is 51.2 Å². The summed E-state index contributed by atoms with van der Waals surface area (Å²) in [5.41, 5.74) is 2.02. The molecule has 0 unspecified atom stereocenters. The van der Waals surface area contributed by atoms with Gasteiger partial charge in [-0.05, 0) is 25.3 Å². The SMILES string of the molecule is Cc1nc(Cc2ccccc2)sc1C(=O)NC[C@@H]1CCCO1. The van der Waals surface area contributed by atoms with Crippen molar-refractivity contribution >= 4 is 17.2 Å². The van der Waals surface area contributed by atoms with Gasteiger partial charge in [-0.15, -0.1) is 11.3 Å². The lowest BCUT2D eigenvalue weighted by Crippen LogP contribution is -2.31. The lowest BCUT2D eigenvalue weighted by molar-refractivity contribution is 0.0860. The number of hydrogen-bond donors (Lipinski definition) is 1. The number of rotatable bonds is 5. The van der Waals surface area contributed by atoms with Gasteiger partial charge in [0.1, 0.15) is 4.88 Å². The fourth-order valence-electron chi connectivity index (χ4n) is 2.60.